The minimum Gasteiger partial charge on any atom is -0.231 e. The first kappa shape index (κ1) is 10.0. The third kappa shape index (κ3) is 2.44. The van der Waals surface area contributed by atoms with Crippen molar-refractivity contribution in [1.82, 2.24) is 24.5 Å². The van der Waals surface area contributed by atoms with Crippen LogP contribution in [-0.2, 0) is 23.8 Å². The summed E-state index contributed by atoms with van der Waals surface area (Å²) in [6.45, 7) is 0.0579. The molecule has 0 aliphatic carbocycles. The molecular formula is C4H10N6O2S. The van der Waals surface area contributed by atoms with Crippen LogP contribution in [0.1, 0.15) is 5.82 Å². The SMILES string of the molecule is CN(Cc1nnnn1C)S(N)(=O)=O. The van der Waals surface area contributed by atoms with E-state index in [9.17, 15) is 8.42 Å². The van der Waals surface area contributed by atoms with Gasteiger partial charge in [0.2, 0.25) is 0 Å². The van der Waals surface area contributed by atoms with Gasteiger partial charge < -0.3 is 0 Å². The third-order valence-corrected chi connectivity index (χ3v) is 2.50. The van der Waals surface area contributed by atoms with Crippen LogP contribution in [0.15, 0.2) is 0 Å². The average Bonchev–Trinajstić information content (AvgIpc) is 2.34. The van der Waals surface area contributed by atoms with E-state index < -0.39 is 10.2 Å². The highest BCUT2D eigenvalue weighted by molar-refractivity contribution is 7.86. The fourth-order valence-corrected chi connectivity index (χ4v) is 0.966. The van der Waals surface area contributed by atoms with Crippen molar-refractivity contribution in [2.45, 2.75) is 6.54 Å². The second-order valence-electron chi connectivity index (χ2n) is 2.52. The maximum absolute atomic E-state index is 10.8. The van der Waals surface area contributed by atoms with Crippen molar-refractivity contribution in [3.05, 3.63) is 5.82 Å². The van der Waals surface area contributed by atoms with E-state index >= 15 is 0 Å². The Morgan fingerprint density at radius 3 is 2.62 bits per heavy atom. The summed E-state index contributed by atoms with van der Waals surface area (Å²) in [6, 6.07) is 0. The minimum atomic E-state index is -3.67. The Labute approximate surface area is 75.5 Å². The molecule has 0 spiro atoms. The van der Waals surface area contributed by atoms with Gasteiger partial charge in [-0.3, -0.25) is 0 Å². The molecule has 1 rings (SSSR count). The first-order chi connectivity index (χ1) is 5.91. The van der Waals surface area contributed by atoms with Crippen LogP contribution in [0.25, 0.3) is 0 Å². The molecule has 0 aromatic carbocycles. The summed E-state index contributed by atoms with van der Waals surface area (Å²) in [5.74, 6) is 0.427. The zero-order valence-corrected chi connectivity index (χ0v) is 8.06. The molecule has 74 valence electrons. The van der Waals surface area contributed by atoms with Crippen LogP contribution in [0, 0.1) is 0 Å². The number of tetrazole rings is 1. The Bertz CT molecular complexity index is 383. The molecule has 0 atom stereocenters. The number of aromatic nitrogens is 4. The first-order valence-corrected chi connectivity index (χ1v) is 4.87. The quantitative estimate of drug-likeness (QED) is 0.606. The summed E-state index contributed by atoms with van der Waals surface area (Å²) in [5, 5.41) is 15.4. The molecule has 2 N–H and O–H groups in total. The van der Waals surface area contributed by atoms with Crippen molar-refractivity contribution < 1.29 is 8.42 Å². The molecule has 0 aliphatic rings. The molecule has 0 unspecified atom stereocenters. The van der Waals surface area contributed by atoms with Gasteiger partial charge in [0.1, 0.15) is 0 Å². The largest absolute Gasteiger partial charge is 0.277 e. The highest BCUT2D eigenvalue weighted by Crippen LogP contribution is 1.98. The maximum Gasteiger partial charge on any atom is 0.277 e. The lowest BCUT2D eigenvalue weighted by Crippen LogP contribution is -2.33. The van der Waals surface area contributed by atoms with Crippen molar-refractivity contribution >= 4 is 10.2 Å². The summed E-state index contributed by atoms with van der Waals surface area (Å²) in [4.78, 5) is 0. The van der Waals surface area contributed by atoms with Gasteiger partial charge in [-0.2, -0.15) is 12.7 Å². The van der Waals surface area contributed by atoms with Crippen LogP contribution in [-0.4, -0.2) is 40.0 Å². The number of hydrogen-bond acceptors (Lipinski definition) is 5. The average molecular weight is 206 g/mol. The topological polar surface area (TPSA) is 107 Å². The standard InChI is InChI=1S/C4H10N6O2S/c1-9(13(5,11)12)3-4-6-7-8-10(4)2/h3H2,1-2H3,(H2,5,11,12). The second kappa shape index (κ2) is 3.36. The molecule has 1 heterocycles. The molecule has 13 heavy (non-hydrogen) atoms. The molecule has 9 heteroatoms. The van der Waals surface area contributed by atoms with Gasteiger partial charge in [-0.25, -0.2) is 9.82 Å². The zero-order chi connectivity index (χ0) is 10.1. The highest BCUT2D eigenvalue weighted by Gasteiger charge is 2.14. The fourth-order valence-electron chi connectivity index (χ4n) is 0.671. The Kier molecular flexibility index (Phi) is 2.59. The molecule has 0 saturated carbocycles. The van der Waals surface area contributed by atoms with Crippen molar-refractivity contribution in [3.63, 3.8) is 0 Å². The second-order valence-corrected chi connectivity index (χ2v) is 4.17. The van der Waals surface area contributed by atoms with Crippen LogP contribution >= 0.6 is 0 Å². The minimum absolute atomic E-state index is 0.0579. The Balaban J connectivity index is 2.77. The number of aryl methyl sites for hydroxylation is 1. The van der Waals surface area contributed by atoms with Gasteiger partial charge in [-0.15, -0.1) is 5.10 Å². The van der Waals surface area contributed by atoms with E-state index in [0.717, 1.165) is 4.31 Å². The van der Waals surface area contributed by atoms with E-state index in [1.54, 1.807) is 7.05 Å². The van der Waals surface area contributed by atoms with Gasteiger partial charge in [-0.05, 0) is 10.4 Å². The summed E-state index contributed by atoms with van der Waals surface area (Å²) in [5.41, 5.74) is 0. The summed E-state index contributed by atoms with van der Waals surface area (Å²) >= 11 is 0. The van der Waals surface area contributed by atoms with Gasteiger partial charge >= 0.3 is 0 Å². The van der Waals surface area contributed by atoms with E-state index in [-0.39, 0.29) is 6.54 Å². The van der Waals surface area contributed by atoms with Crippen molar-refractivity contribution in [3.8, 4) is 0 Å². The predicted molar refractivity (Wildman–Crippen MR) is 43.4 cm³/mol. The number of nitrogens with zero attached hydrogens (tertiary/aromatic N) is 5. The van der Waals surface area contributed by atoms with Gasteiger partial charge in [-0.1, -0.05) is 0 Å². The van der Waals surface area contributed by atoms with Crippen LogP contribution in [0.5, 0.6) is 0 Å². The van der Waals surface area contributed by atoms with Crippen molar-refractivity contribution in [2.24, 2.45) is 12.2 Å². The molecular weight excluding hydrogens is 196 g/mol. The van der Waals surface area contributed by atoms with Crippen LogP contribution in [0.3, 0.4) is 0 Å². The summed E-state index contributed by atoms with van der Waals surface area (Å²) in [6.07, 6.45) is 0. The van der Waals surface area contributed by atoms with Gasteiger partial charge in [0.25, 0.3) is 10.2 Å². The predicted octanol–water partition coefficient (Wildman–Crippen LogP) is -2.15. The molecule has 1 aromatic rings. The monoisotopic (exact) mass is 206 g/mol. The Hall–Kier alpha value is -1.06. The summed E-state index contributed by atoms with van der Waals surface area (Å²) in [7, 11) is -0.703. The Morgan fingerprint density at radius 1 is 1.62 bits per heavy atom. The fraction of sp³-hybridized carbons (Fsp3) is 0.750. The molecule has 0 radical (unpaired) electrons. The zero-order valence-electron chi connectivity index (χ0n) is 7.25. The number of rotatable bonds is 3. The molecule has 1 aromatic heterocycles. The lowest BCUT2D eigenvalue weighted by molar-refractivity contribution is 0.448. The molecule has 8 nitrogen and oxygen atoms in total. The van der Waals surface area contributed by atoms with E-state index in [0.29, 0.717) is 5.82 Å². The molecule has 0 aliphatic heterocycles. The number of hydrogen-bond donors (Lipinski definition) is 1. The number of nitrogens with two attached hydrogens (primary N) is 1. The lowest BCUT2D eigenvalue weighted by Gasteiger charge is -2.11. The summed E-state index contributed by atoms with van der Waals surface area (Å²) < 4.78 is 23.9. The van der Waals surface area contributed by atoms with Crippen molar-refractivity contribution in [1.29, 1.82) is 0 Å². The van der Waals surface area contributed by atoms with Gasteiger partial charge in [0.15, 0.2) is 5.82 Å². The van der Waals surface area contributed by atoms with Gasteiger partial charge in [0.05, 0.1) is 6.54 Å². The van der Waals surface area contributed by atoms with E-state index in [1.165, 1.54) is 11.7 Å². The van der Waals surface area contributed by atoms with E-state index in [2.05, 4.69) is 15.5 Å². The van der Waals surface area contributed by atoms with E-state index in [1.807, 2.05) is 0 Å². The molecule has 0 saturated heterocycles. The third-order valence-electron chi connectivity index (χ3n) is 1.51. The maximum atomic E-state index is 10.8. The first-order valence-electron chi connectivity index (χ1n) is 3.36. The smallest absolute Gasteiger partial charge is 0.231 e. The van der Waals surface area contributed by atoms with Crippen LogP contribution in [0.2, 0.25) is 0 Å². The van der Waals surface area contributed by atoms with E-state index in [4.69, 9.17) is 5.14 Å². The van der Waals surface area contributed by atoms with Crippen LogP contribution < -0.4 is 5.14 Å². The van der Waals surface area contributed by atoms with Gasteiger partial charge in [0, 0.05) is 14.1 Å². The molecule has 0 amide bonds. The normalized spacial score (nSPS) is 12.3. The molecule has 0 bridgehead atoms. The lowest BCUT2D eigenvalue weighted by atomic mass is 10.6. The molecule has 0 fully saturated rings. The van der Waals surface area contributed by atoms with Crippen LogP contribution in [0.4, 0.5) is 0 Å². The Morgan fingerprint density at radius 2 is 2.23 bits per heavy atom. The highest BCUT2D eigenvalue weighted by atomic mass is 32.2. The van der Waals surface area contributed by atoms with Crippen molar-refractivity contribution in [2.75, 3.05) is 7.05 Å².